The number of carbonyl (C=O) groups excluding carboxylic acids is 3. The number of Topliss-reactive ketones (excluding diaryl/α,β-unsaturated/α-hetero) is 2. The summed E-state index contributed by atoms with van der Waals surface area (Å²) in [4.78, 5) is 39.5. The first-order chi connectivity index (χ1) is 12.8. The zero-order chi connectivity index (χ0) is 19.7. The van der Waals surface area contributed by atoms with Crippen LogP contribution in [0.15, 0.2) is 11.3 Å². The summed E-state index contributed by atoms with van der Waals surface area (Å²) in [5, 5.41) is 1.90. The highest BCUT2D eigenvalue weighted by Crippen LogP contribution is 2.57. The predicted octanol–water partition coefficient (Wildman–Crippen LogP) is -1.29. The Morgan fingerprint density at radius 2 is 1.96 bits per heavy atom. The molecule has 4 rings (SSSR count). The number of nitrogens with zero attached hydrogens (tertiary/aromatic N) is 1. The third-order valence-corrected chi connectivity index (χ3v) is 6.48. The molecule has 0 aromatic carbocycles. The number of fused-ring (bicyclic) bond motifs is 4. The van der Waals surface area contributed by atoms with E-state index in [9.17, 15) is 14.4 Å². The van der Waals surface area contributed by atoms with Crippen molar-refractivity contribution in [3.8, 4) is 0 Å². The summed E-state index contributed by atoms with van der Waals surface area (Å²) < 4.78 is 21.4. The lowest BCUT2D eigenvalue weighted by Gasteiger charge is -2.39. The molecular formula is C16H20ClN3O7. The second-order valence-electron chi connectivity index (χ2n) is 6.89. The Kier molecular flexibility index (Phi) is 4.06. The van der Waals surface area contributed by atoms with E-state index in [-0.39, 0.29) is 30.0 Å². The van der Waals surface area contributed by atoms with E-state index in [0.29, 0.717) is 6.54 Å². The van der Waals surface area contributed by atoms with Crippen LogP contribution in [0.2, 0.25) is 0 Å². The summed E-state index contributed by atoms with van der Waals surface area (Å²) in [5.41, 5.74) is 4.35. The number of ether oxygens (including phenoxy) is 4. The molecule has 0 spiro atoms. The number of allylic oxidation sites excluding steroid dienone is 1. The highest BCUT2D eigenvalue weighted by Gasteiger charge is 2.75. The summed E-state index contributed by atoms with van der Waals surface area (Å²) in [6, 6.07) is -0.0354. The van der Waals surface area contributed by atoms with Crippen molar-refractivity contribution in [2.45, 2.75) is 29.0 Å². The van der Waals surface area contributed by atoms with Gasteiger partial charge in [-0.05, 0) is 0 Å². The van der Waals surface area contributed by atoms with Crippen LogP contribution in [0.1, 0.15) is 0 Å². The number of rotatable bonds is 5. The molecule has 148 valence electrons. The van der Waals surface area contributed by atoms with Crippen molar-refractivity contribution < 1.29 is 33.3 Å². The number of nitrogens with one attached hydrogen (secondary N) is 1. The number of methoxy groups -OCH3 is 3. The minimum Gasteiger partial charge on any atom is -0.449 e. The highest BCUT2D eigenvalue weighted by molar-refractivity contribution is 6.39. The number of alkyl halides is 1. The lowest BCUT2D eigenvalue weighted by molar-refractivity contribution is -0.206. The fraction of sp³-hybridized carbons (Fsp3) is 0.688. The second kappa shape index (κ2) is 5.89. The Balaban J connectivity index is 1.87. The van der Waals surface area contributed by atoms with Crippen molar-refractivity contribution in [3.63, 3.8) is 0 Å². The van der Waals surface area contributed by atoms with Crippen molar-refractivity contribution in [2.24, 2.45) is 11.7 Å². The standard InChI is InChI=1S/C16H20ClN3O7/c1-24-15-6(5-27-14(18)23)8-9(20(15)4-7-12(15)19-7)10(21)11(17)16(25-2,26-3)13(8)22/h6-7,11-12,19H,4-5H2,1-3H3,(H2,18,23)/t6-,7+,11?,12+,15-/m1/s1. The molecule has 2 fully saturated rings. The van der Waals surface area contributed by atoms with Gasteiger partial charge in [0.15, 0.2) is 11.1 Å². The topological polar surface area (TPSA) is 139 Å². The van der Waals surface area contributed by atoms with E-state index in [1.165, 1.54) is 21.3 Å². The molecule has 2 saturated heterocycles. The molecule has 0 aromatic heterocycles. The molecule has 11 heteroatoms. The molecule has 1 unspecified atom stereocenters. The zero-order valence-corrected chi connectivity index (χ0v) is 15.7. The number of ketones is 2. The fourth-order valence-electron chi connectivity index (χ4n) is 4.79. The quantitative estimate of drug-likeness (QED) is 0.327. The van der Waals surface area contributed by atoms with Crippen LogP contribution in [-0.2, 0) is 28.5 Å². The molecule has 0 aromatic rings. The van der Waals surface area contributed by atoms with Crippen molar-refractivity contribution in [2.75, 3.05) is 34.5 Å². The smallest absolute Gasteiger partial charge is 0.404 e. The van der Waals surface area contributed by atoms with Crippen molar-refractivity contribution in [1.29, 1.82) is 0 Å². The van der Waals surface area contributed by atoms with E-state index >= 15 is 0 Å². The maximum atomic E-state index is 13.4. The summed E-state index contributed by atoms with van der Waals surface area (Å²) in [7, 11) is 3.97. The van der Waals surface area contributed by atoms with Gasteiger partial charge < -0.3 is 34.9 Å². The van der Waals surface area contributed by atoms with Crippen LogP contribution in [0.3, 0.4) is 0 Å². The van der Waals surface area contributed by atoms with Gasteiger partial charge in [-0.2, -0.15) is 0 Å². The number of piperazine rings is 1. The minimum atomic E-state index is -1.96. The number of amides is 1. The number of nitrogens with two attached hydrogens (primary N) is 1. The normalized spacial score (nSPS) is 38.6. The van der Waals surface area contributed by atoms with E-state index in [1.807, 2.05) is 0 Å². The van der Waals surface area contributed by atoms with Crippen molar-refractivity contribution >= 4 is 29.3 Å². The molecule has 0 radical (unpaired) electrons. The average Bonchev–Trinajstić information content (AvgIpc) is 3.26. The molecule has 10 nitrogen and oxygen atoms in total. The van der Waals surface area contributed by atoms with Gasteiger partial charge >= 0.3 is 6.09 Å². The lowest BCUT2D eigenvalue weighted by Crippen LogP contribution is -2.58. The van der Waals surface area contributed by atoms with Gasteiger partial charge in [0.1, 0.15) is 6.61 Å². The van der Waals surface area contributed by atoms with E-state index in [2.05, 4.69) is 5.32 Å². The number of hydrogen-bond acceptors (Lipinski definition) is 9. The molecule has 3 N–H and O–H groups in total. The van der Waals surface area contributed by atoms with Gasteiger partial charge in [-0.1, -0.05) is 0 Å². The van der Waals surface area contributed by atoms with E-state index in [0.717, 1.165) is 0 Å². The predicted molar refractivity (Wildman–Crippen MR) is 89.6 cm³/mol. The first-order valence-electron chi connectivity index (χ1n) is 8.38. The van der Waals surface area contributed by atoms with Crippen LogP contribution >= 0.6 is 11.6 Å². The van der Waals surface area contributed by atoms with E-state index in [1.54, 1.807) is 4.90 Å². The Labute approximate surface area is 159 Å². The Bertz CT molecular complexity index is 767. The van der Waals surface area contributed by atoms with Crippen molar-refractivity contribution in [3.05, 3.63) is 11.3 Å². The number of primary amides is 1. The Hall–Kier alpha value is -1.72. The van der Waals surface area contributed by atoms with Crippen LogP contribution in [-0.4, -0.2) is 86.0 Å². The fourth-order valence-corrected chi connectivity index (χ4v) is 5.17. The van der Waals surface area contributed by atoms with Gasteiger partial charge in [-0.25, -0.2) is 4.79 Å². The summed E-state index contributed by atoms with van der Waals surface area (Å²) >= 11 is 6.31. The van der Waals surface area contributed by atoms with Gasteiger partial charge in [0.25, 0.3) is 5.79 Å². The maximum Gasteiger partial charge on any atom is 0.404 e. The second-order valence-corrected chi connectivity index (χ2v) is 7.33. The van der Waals surface area contributed by atoms with Crippen LogP contribution in [0, 0.1) is 5.92 Å². The monoisotopic (exact) mass is 401 g/mol. The molecule has 0 bridgehead atoms. The lowest BCUT2D eigenvalue weighted by atomic mass is 9.80. The third-order valence-electron chi connectivity index (χ3n) is 5.99. The maximum absolute atomic E-state index is 13.4. The SMILES string of the molecule is COC1(OC)C(=O)C2=C(C(=O)C1Cl)N1C[C@@H]3N[C@@H]3[C@]1(OC)[C@@H]2COC(N)=O. The molecule has 3 aliphatic heterocycles. The number of carbonyl (C=O) groups is 3. The van der Waals surface area contributed by atoms with Gasteiger partial charge in [0.2, 0.25) is 11.6 Å². The molecule has 3 heterocycles. The third kappa shape index (κ3) is 2.07. The molecule has 1 amide bonds. The molecule has 5 atom stereocenters. The largest absolute Gasteiger partial charge is 0.449 e. The average molecular weight is 402 g/mol. The first-order valence-corrected chi connectivity index (χ1v) is 8.82. The van der Waals surface area contributed by atoms with Gasteiger partial charge in [0, 0.05) is 39.5 Å². The summed E-state index contributed by atoms with van der Waals surface area (Å²) in [6.45, 7) is 0.221. The number of hydrogen-bond donors (Lipinski definition) is 2. The van der Waals surface area contributed by atoms with Crippen LogP contribution in [0.25, 0.3) is 0 Å². The first kappa shape index (κ1) is 18.6. The molecule has 0 saturated carbocycles. The molecular weight excluding hydrogens is 382 g/mol. The van der Waals surface area contributed by atoms with Crippen LogP contribution < -0.4 is 11.1 Å². The Morgan fingerprint density at radius 1 is 1.30 bits per heavy atom. The molecule has 4 aliphatic rings. The van der Waals surface area contributed by atoms with E-state index in [4.69, 9.17) is 36.3 Å². The van der Waals surface area contributed by atoms with Gasteiger partial charge in [-0.15, -0.1) is 11.6 Å². The van der Waals surface area contributed by atoms with E-state index < -0.39 is 40.5 Å². The van der Waals surface area contributed by atoms with Gasteiger partial charge in [0.05, 0.1) is 17.7 Å². The van der Waals surface area contributed by atoms with Crippen molar-refractivity contribution in [1.82, 2.24) is 10.2 Å². The molecule has 27 heavy (non-hydrogen) atoms. The van der Waals surface area contributed by atoms with Crippen LogP contribution in [0.5, 0.6) is 0 Å². The van der Waals surface area contributed by atoms with Crippen LogP contribution in [0.4, 0.5) is 4.79 Å². The number of halogens is 1. The van der Waals surface area contributed by atoms with Gasteiger partial charge in [-0.3, -0.25) is 9.59 Å². The molecule has 1 aliphatic carbocycles. The highest BCUT2D eigenvalue weighted by atomic mass is 35.5. The summed E-state index contributed by atoms with van der Waals surface area (Å²) in [5.74, 6) is -3.82. The minimum absolute atomic E-state index is 0.100. The Morgan fingerprint density at radius 3 is 2.52 bits per heavy atom. The summed E-state index contributed by atoms with van der Waals surface area (Å²) in [6.07, 6.45) is -0.991. The zero-order valence-electron chi connectivity index (χ0n) is 15.0.